The van der Waals surface area contributed by atoms with Crippen LogP contribution in [-0.4, -0.2) is 19.7 Å². The topological polar surface area (TPSA) is 50.4 Å². The molecule has 0 bridgehead atoms. The molecule has 2 aromatic rings. The molecule has 0 aliphatic rings. The maximum absolute atomic E-state index is 12.4. The highest BCUT2D eigenvalue weighted by molar-refractivity contribution is 9.10. The third-order valence-corrected chi connectivity index (χ3v) is 4.96. The average Bonchev–Trinajstić information content (AvgIpc) is 2.61. The van der Waals surface area contributed by atoms with Gasteiger partial charge in [-0.1, -0.05) is 45.0 Å². The van der Waals surface area contributed by atoms with E-state index in [0.717, 1.165) is 39.9 Å². The van der Waals surface area contributed by atoms with E-state index in [1.165, 1.54) is 5.56 Å². The SMILES string of the molecule is CCc1cccc(C(C)C)c1NC(=O)NCCc1ccc(OC)c(Br)c1. The first kappa shape index (κ1) is 20.3. The molecule has 0 aliphatic heterocycles. The van der Waals surface area contributed by atoms with Gasteiger partial charge in [0.1, 0.15) is 5.75 Å². The fraction of sp³-hybridized carbons (Fsp3) is 0.381. The second kappa shape index (κ2) is 9.62. The van der Waals surface area contributed by atoms with E-state index in [9.17, 15) is 4.79 Å². The molecular formula is C21H27BrN2O2. The van der Waals surface area contributed by atoms with Crippen LogP contribution in [0, 0.1) is 0 Å². The molecule has 4 nitrogen and oxygen atoms in total. The van der Waals surface area contributed by atoms with Crippen molar-refractivity contribution in [1.82, 2.24) is 5.32 Å². The van der Waals surface area contributed by atoms with Crippen molar-refractivity contribution in [2.24, 2.45) is 0 Å². The highest BCUT2D eigenvalue weighted by atomic mass is 79.9. The lowest BCUT2D eigenvalue weighted by molar-refractivity contribution is 0.252. The van der Waals surface area contributed by atoms with E-state index in [-0.39, 0.29) is 6.03 Å². The Morgan fingerprint density at radius 1 is 1.23 bits per heavy atom. The number of amides is 2. The van der Waals surface area contributed by atoms with E-state index in [2.05, 4.69) is 65.5 Å². The van der Waals surface area contributed by atoms with Crippen molar-refractivity contribution >= 4 is 27.6 Å². The van der Waals surface area contributed by atoms with Gasteiger partial charge >= 0.3 is 6.03 Å². The summed E-state index contributed by atoms with van der Waals surface area (Å²) < 4.78 is 6.15. The number of urea groups is 1. The Morgan fingerprint density at radius 2 is 2.00 bits per heavy atom. The van der Waals surface area contributed by atoms with Crippen molar-refractivity contribution in [2.45, 2.75) is 39.5 Å². The predicted molar refractivity (Wildman–Crippen MR) is 111 cm³/mol. The smallest absolute Gasteiger partial charge is 0.319 e. The molecule has 140 valence electrons. The van der Waals surface area contributed by atoms with Crippen molar-refractivity contribution in [3.8, 4) is 5.75 Å². The first-order valence-electron chi connectivity index (χ1n) is 8.95. The molecule has 2 N–H and O–H groups in total. The second-order valence-corrected chi connectivity index (χ2v) is 7.34. The van der Waals surface area contributed by atoms with Crippen LogP contribution in [0.3, 0.4) is 0 Å². The Morgan fingerprint density at radius 3 is 2.62 bits per heavy atom. The Hall–Kier alpha value is -2.01. The minimum atomic E-state index is -0.166. The predicted octanol–water partition coefficient (Wildman–Crippen LogP) is 5.51. The van der Waals surface area contributed by atoms with E-state index < -0.39 is 0 Å². The standard InChI is InChI=1S/C21H27BrN2O2/c1-5-16-7-6-8-17(14(2)3)20(16)24-21(25)23-12-11-15-9-10-19(26-4)18(22)13-15/h6-10,13-14H,5,11-12H2,1-4H3,(H2,23,24,25). The number of nitrogens with one attached hydrogen (secondary N) is 2. The summed E-state index contributed by atoms with van der Waals surface area (Å²) in [5.74, 6) is 1.16. The number of anilines is 1. The van der Waals surface area contributed by atoms with Crippen LogP contribution in [0.15, 0.2) is 40.9 Å². The van der Waals surface area contributed by atoms with Gasteiger partial charge in [-0.05, 0) is 63.5 Å². The first-order chi connectivity index (χ1) is 12.5. The van der Waals surface area contributed by atoms with Gasteiger partial charge in [0.25, 0.3) is 0 Å². The van der Waals surface area contributed by atoms with Gasteiger partial charge in [0, 0.05) is 12.2 Å². The van der Waals surface area contributed by atoms with Gasteiger partial charge in [-0.3, -0.25) is 0 Å². The summed E-state index contributed by atoms with van der Waals surface area (Å²) in [6.45, 7) is 6.94. The number of aryl methyl sites for hydroxylation is 1. The molecule has 2 rings (SSSR count). The number of halogens is 1. The highest BCUT2D eigenvalue weighted by Gasteiger charge is 2.13. The summed E-state index contributed by atoms with van der Waals surface area (Å²) >= 11 is 3.49. The molecular weight excluding hydrogens is 392 g/mol. The number of hydrogen-bond donors (Lipinski definition) is 2. The number of para-hydroxylation sites is 1. The molecule has 2 aromatic carbocycles. The van der Waals surface area contributed by atoms with E-state index in [0.29, 0.717) is 12.5 Å². The van der Waals surface area contributed by atoms with Crippen LogP contribution in [0.1, 0.15) is 43.4 Å². The number of carbonyl (C=O) groups is 1. The van der Waals surface area contributed by atoms with Crippen LogP contribution < -0.4 is 15.4 Å². The van der Waals surface area contributed by atoms with Gasteiger partial charge < -0.3 is 15.4 Å². The minimum Gasteiger partial charge on any atom is -0.496 e. The molecule has 0 aliphatic carbocycles. The summed E-state index contributed by atoms with van der Waals surface area (Å²) in [6, 6.07) is 12.0. The Labute approximate surface area is 164 Å². The van der Waals surface area contributed by atoms with E-state index in [1.807, 2.05) is 18.2 Å². The molecule has 26 heavy (non-hydrogen) atoms. The summed E-state index contributed by atoms with van der Waals surface area (Å²) in [4.78, 5) is 12.4. The zero-order valence-corrected chi connectivity index (χ0v) is 17.4. The zero-order chi connectivity index (χ0) is 19.1. The number of benzene rings is 2. The third kappa shape index (κ3) is 5.24. The monoisotopic (exact) mass is 418 g/mol. The Bertz CT molecular complexity index is 760. The molecule has 0 radical (unpaired) electrons. The van der Waals surface area contributed by atoms with Gasteiger partial charge in [0.05, 0.1) is 11.6 Å². The quantitative estimate of drug-likeness (QED) is 0.622. The van der Waals surface area contributed by atoms with Crippen LogP contribution in [0.4, 0.5) is 10.5 Å². The number of hydrogen-bond acceptors (Lipinski definition) is 2. The maximum Gasteiger partial charge on any atom is 0.319 e. The molecule has 0 saturated carbocycles. The molecule has 0 atom stereocenters. The molecule has 0 unspecified atom stereocenters. The van der Waals surface area contributed by atoms with Crippen molar-refractivity contribution < 1.29 is 9.53 Å². The minimum absolute atomic E-state index is 0.166. The molecule has 2 amide bonds. The van der Waals surface area contributed by atoms with Crippen molar-refractivity contribution in [2.75, 3.05) is 19.0 Å². The normalized spacial score (nSPS) is 10.7. The fourth-order valence-corrected chi connectivity index (χ4v) is 3.48. The molecule has 0 fully saturated rings. The number of methoxy groups -OCH3 is 1. The molecule has 0 spiro atoms. The second-order valence-electron chi connectivity index (χ2n) is 6.49. The van der Waals surface area contributed by atoms with Crippen molar-refractivity contribution in [1.29, 1.82) is 0 Å². The first-order valence-corrected chi connectivity index (χ1v) is 9.74. The zero-order valence-electron chi connectivity index (χ0n) is 15.9. The van der Waals surface area contributed by atoms with Crippen LogP contribution in [-0.2, 0) is 12.8 Å². The molecule has 0 saturated heterocycles. The highest BCUT2D eigenvalue weighted by Crippen LogP contribution is 2.28. The van der Waals surface area contributed by atoms with Crippen molar-refractivity contribution in [3.05, 3.63) is 57.6 Å². The maximum atomic E-state index is 12.4. The van der Waals surface area contributed by atoms with Gasteiger partial charge in [-0.2, -0.15) is 0 Å². The fourth-order valence-electron chi connectivity index (χ4n) is 2.89. The summed E-state index contributed by atoms with van der Waals surface area (Å²) in [5.41, 5.74) is 4.40. The summed E-state index contributed by atoms with van der Waals surface area (Å²) in [7, 11) is 1.64. The van der Waals surface area contributed by atoms with Crippen LogP contribution >= 0.6 is 15.9 Å². The lowest BCUT2D eigenvalue weighted by Crippen LogP contribution is -2.31. The van der Waals surface area contributed by atoms with E-state index >= 15 is 0 Å². The van der Waals surface area contributed by atoms with E-state index in [1.54, 1.807) is 7.11 Å². The number of rotatable bonds is 7. The largest absolute Gasteiger partial charge is 0.496 e. The summed E-state index contributed by atoms with van der Waals surface area (Å²) in [6.07, 6.45) is 1.64. The summed E-state index contributed by atoms with van der Waals surface area (Å²) in [5, 5.41) is 6.00. The number of carbonyl (C=O) groups excluding carboxylic acids is 1. The Kier molecular flexibility index (Phi) is 7.51. The third-order valence-electron chi connectivity index (χ3n) is 4.34. The lowest BCUT2D eigenvalue weighted by atomic mass is 9.96. The van der Waals surface area contributed by atoms with Crippen LogP contribution in [0.25, 0.3) is 0 Å². The van der Waals surface area contributed by atoms with E-state index in [4.69, 9.17) is 4.74 Å². The van der Waals surface area contributed by atoms with Crippen LogP contribution in [0.5, 0.6) is 5.75 Å². The van der Waals surface area contributed by atoms with Crippen molar-refractivity contribution in [3.63, 3.8) is 0 Å². The molecule has 0 heterocycles. The van der Waals surface area contributed by atoms with Gasteiger partial charge in [-0.25, -0.2) is 4.79 Å². The average molecular weight is 419 g/mol. The molecule has 0 aromatic heterocycles. The van der Waals surface area contributed by atoms with Gasteiger partial charge in [-0.15, -0.1) is 0 Å². The Balaban J connectivity index is 1.96. The van der Waals surface area contributed by atoms with Gasteiger partial charge in [0.2, 0.25) is 0 Å². The number of ether oxygens (including phenoxy) is 1. The lowest BCUT2D eigenvalue weighted by Gasteiger charge is -2.18. The van der Waals surface area contributed by atoms with Crippen LogP contribution in [0.2, 0.25) is 0 Å². The molecule has 5 heteroatoms. The van der Waals surface area contributed by atoms with Gasteiger partial charge in [0.15, 0.2) is 0 Å².